The Bertz CT molecular complexity index is 334. The van der Waals surface area contributed by atoms with Crippen molar-refractivity contribution in [2.24, 2.45) is 11.5 Å². The maximum absolute atomic E-state index is 9.54. The van der Waals surface area contributed by atoms with Gasteiger partial charge in [-0.3, -0.25) is 0 Å². The van der Waals surface area contributed by atoms with Crippen molar-refractivity contribution in [2.45, 2.75) is 25.8 Å². The van der Waals surface area contributed by atoms with Crippen LogP contribution in [0, 0.1) is 0 Å². The van der Waals surface area contributed by atoms with E-state index in [0.717, 1.165) is 18.4 Å². The summed E-state index contributed by atoms with van der Waals surface area (Å²) in [6, 6.07) is 5.17. The fraction of sp³-hybridized carbons (Fsp3) is 0.500. The summed E-state index contributed by atoms with van der Waals surface area (Å²) >= 11 is 0. The first kappa shape index (κ1) is 16.0. The van der Waals surface area contributed by atoms with Crippen molar-refractivity contribution < 1.29 is 9.84 Å². The molecule has 1 rings (SSSR count). The molecular formula is C12H21ClN2O2. The third kappa shape index (κ3) is 4.81. The minimum absolute atomic E-state index is 0. The third-order valence-electron chi connectivity index (χ3n) is 2.43. The highest BCUT2D eigenvalue weighted by atomic mass is 35.5. The van der Waals surface area contributed by atoms with Crippen molar-refractivity contribution in [1.29, 1.82) is 0 Å². The predicted molar refractivity (Wildman–Crippen MR) is 71.7 cm³/mol. The van der Waals surface area contributed by atoms with E-state index in [1.165, 1.54) is 0 Å². The molecule has 1 aromatic carbocycles. The Hall–Kier alpha value is -0.970. The minimum atomic E-state index is -0.0524. The highest BCUT2D eigenvalue weighted by Crippen LogP contribution is 2.29. The van der Waals surface area contributed by atoms with Gasteiger partial charge in [-0.2, -0.15) is 0 Å². The zero-order chi connectivity index (χ0) is 12.0. The molecule has 98 valence electrons. The molecule has 5 heteroatoms. The molecule has 1 aromatic rings. The topological polar surface area (TPSA) is 81.5 Å². The second kappa shape index (κ2) is 8.17. The molecule has 0 aliphatic carbocycles. The molecule has 0 bridgehead atoms. The number of hydrogen-bond acceptors (Lipinski definition) is 4. The Balaban J connectivity index is 0.00000256. The number of benzene rings is 1. The molecule has 0 fully saturated rings. The van der Waals surface area contributed by atoms with Gasteiger partial charge in [-0.05, 0) is 44.0 Å². The molecule has 0 aliphatic rings. The second-order valence-corrected chi connectivity index (χ2v) is 3.70. The Morgan fingerprint density at radius 1 is 1.41 bits per heavy atom. The lowest BCUT2D eigenvalue weighted by Crippen LogP contribution is -2.12. The highest BCUT2D eigenvalue weighted by Gasteiger charge is 2.09. The molecule has 0 aromatic heterocycles. The van der Waals surface area contributed by atoms with E-state index in [0.29, 0.717) is 18.9 Å². The van der Waals surface area contributed by atoms with Crippen molar-refractivity contribution in [3.63, 3.8) is 0 Å². The van der Waals surface area contributed by atoms with Crippen LogP contribution >= 0.6 is 12.4 Å². The molecule has 0 unspecified atom stereocenters. The molecule has 0 spiro atoms. The molecule has 1 atom stereocenters. The maximum atomic E-state index is 9.54. The molecule has 17 heavy (non-hydrogen) atoms. The molecule has 0 heterocycles. The zero-order valence-corrected chi connectivity index (χ0v) is 10.9. The summed E-state index contributed by atoms with van der Waals surface area (Å²) < 4.78 is 5.30. The molecule has 0 aliphatic heterocycles. The Morgan fingerprint density at radius 2 is 2.12 bits per heavy atom. The lowest BCUT2D eigenvalue weighted by atomic mass is 10.0. The van der Waals surface area contributed by atoms with Crippen LogP contribution < -0.4 is 16.2 Å². The van der Waals surface area contributed by atoms with Crippen LogP contribution in [0.1, 0.15) is 31.4 Å². The lowest BCUT2D eigenvalue weighted by molar-refractivity contribution is 0.317. The number of aromatic hydroxyl groups is 1. The molecule has 4 nitrogen and oxygen atoms in total. The van der Waals surface area contributed by atoms with Gasteiger partial charge < -0.3 is 21.3 Å². The highest BCUT2D eigenvalue weighted by molar-refractivity contribution is 5.85. The number of halogens is 1. The summed E-state index contributed by atoms with van der Waals surface area (Å²) in [7, 11) is 0. The van der Waals surface area contributed by atoms with Crippen LogP contribution in [0.5, 0.6) is 11.5 Å². The molecule has 5 N–H and O–H groups in total. The summed E-state index contributed by atoms with van der Waals surface area (Å²) in [5.41, 5.74) is 12.4. The van der Waals surface area contributed by atoms with Crippen molar-refractivity contribution in [3.05, 3.63) is 23.8 Å². The smallest absolute Gasteiger partial charge is 0.161 e. The summed E-state index contributed by atoms with van der Waals surface area (Å²) in [5.74, 6) is 0.639. The monoisotopic (exact) mass is 260 g/mol. The first-order valence-corrected chi connectivity index (χ1v) is 5.60. The van der Waals surface area contributed by atoms with Crippen molar-refractivity contribution in [2.75, 3.05) is 13.2 Å². The normalized spacial score (nSPS) is 11.7. The molecule has 0 saturated carbocycles. The Kier molecular flexibility index (Phi) is 7.70. The molecular weight excluding hydrogens is 240 g/mol. The number of phenols is 1. The zero-order valence-electron chi connectivity index (χ0n) is 10.1. The third-order valence-corrected chi connectivity index (χ3v) is 2.43. The van der Waals surface area contributed by atoms with Gasteiger partial charge in [0.1, 0.15) is 0 Å². The van der Waals surface area contributed by atoms with E-state index in [1.54, 1.807) is 12.1 Å². The van der Waals surface area contributed by atoms with E-state index in [9.17, 15) is 5.11 Å². The van der Waals surface area contributed by atoms with Crippen LogP contribution in [-0.2, 0) is 0 Å². The van der Waals surface area contributed by atoms with Crippen LogP contribution in [0.2, 0.25) is 0 Å². The average Bonchev–Trinajstić information content (AvgIpc) is 2.29. The van der Waals surface area contributed by atoms with Gasteiger partial charge in [0.2, 0.25) is 0 Å². The van der Waals surface area contributed by atoms with E-state index in [1.807, 2.05) is 13.0 Å². The summed E-state index contributed by atoms with van der Waals surface area (Å²) in [6.45, 7) is 3.04. The van der Waals surface area contributed by atoms with Gasteiger partial charge >= 0.3 is 0 Å². The van der Waals surface area contributed by atoms with E-state index in [-0.39, 0.29) is 24.2 Å². The number of ether oxygens (including phenoxy) is 1. The average molecular weight is 261 g/mol. The van der Waals surface area contributed by atoms with Gasteiger partial charge in [0.25, 0.3) is 0 Å². The fourth-order valence-corrected chi connectivity index (χ4v) is 1.54. The number of phenolic OH excluding ortho intramolecular Hbond substituents is 1. The largest absolute Gasteiger partial charge is 0.504 e. The summed E-state index contributed by atoms with van der Waals surface area (Å²) in [5, 5.41) is 9.54. The lowest BCUT2D eigenvalue weighted by Gasteiger charge is -2.13. The second-order valence-electron chi connectivity index (χ2n) is 3.70. The van der Waals surface area contributed by atoms with Gasteiger partial charge in [0.15, 0.2) is 11.5 Å². The van der Waals surface area contributed by atoms with E-state index < -0.39 is 0 Å². The Morgan fingerprint density at radius 3 is 2.71 bits per heavy atom. The quantitative estimate of drug-likeness (QED) is 0.730. The predicted octanol–water partition coefficient (Wildman–Crippen LogP) is 1.95. The summed E-state index contributed by atoms with van der Waals surface area (Å²) in [4.78, 5) is 0. The van der Waals surface area contributed by atoms with Crippen molar-refractivity contribution >= 4 is 12.4 Å². The molecule has 0 radical (unpaired) electrons. The van der Waals surface area contributed by atoms with Crippen LogP contribution in [0.25, 0.3) is 0 Å². The first-order chi connectivity index (χ1) is 7.69. The Labute approximate surface area is 108 Å². The van der Waals surface area contributed by atoms with Gasteiger partial charge in [-0.1, -0.05) is 6.07 Å². The standard InChI is InChI=1S/C12H20N2O2.ClH/c1-2-16-12-8-9(5-6-11(12)15)10(14)4-3-7-13;/h5-6,8,10,15H,2-4,7,13-14H2,1H3;1H/t10-;/m1./s1. The fourth-order valence-electron chi connectivity index (χ4n) is 1.54. The summed E-state index contributed by atoms with van der Waals surface area (Å²) in [6.07, 6.45) is 1.73. The first-order valence-electron chi connectivity index (χ1n) is 5.60. The van der Waals surface area contributed by atoms with Crippen LogP contribution in [0.3, 0.4) is 0 Å². The van der Waals surface area contributed by atoms with Crippen molar-refractivity contribution in [3.8, 4) is 11.5 Å². The maximum Gasteiger partial charge on any atom is 0.161 e. The number of nitrogens with two attached hydrogens (primary N) is 2. The minimum Gasteiger partial charge on any atom is -0.504 e. The molecule has 0 saturated heterocycles. The van der Waals surface area contributed by atoms with E-state index >= 15 is 0 Å². The van der Waals surface area contributed by atoms with Crippen LogP contribution in [0.4, 0.5) is 0 Å². The van der Waals surface area contributed by atoms with Gasteiger partial charge in [-0.25, -0.2) is 0 Å². The van der Waals surface area contributed by atoms with Crippen LogP contribution in [0.15, 0.2) is 18.2 Å². The van der Waals surface area contributed by atoms with Crippen molar-refractivity contribution in [1.82, 2.24) is 0 Å². The SMILES string of the molecule is CCOc1cc([C@H](N)CCCN)ccc1O.Cl. The number of hydrogen-bond donors (Lipinski definition) is 3. The van der Waals surface area contributed by atoms with Gasteiger partial charge in [-0.15, -0.1) is 12.4 Å². The van der Waals surface area contributed by atoms with E-state index in [2.05, 4.69) is 0 Å². The van der Waals surface area contributed by atoms with Gasteiger partial charge in [0.05, 0.1) is 6.61 Å². The molecule has 0 amide bonds. The van der Waals surface area contributed by atoms with Gasteiger partial charge in [0, 0.05) is 6.04 Å². The number of rotatable bonds is 6. The van der Waals surface area contributed by atoms with Crippen LogP contribution in [-0.4, -0.2) is 18.3 Å². The van der Waals surface area contributed by atoms with E-state index in [4.69, 9.17) is 16.2 Å².